The van der Waals surface area contributed by atoms with E-state index in [-0.39, 0.29) is 29.0 Å². The number of amides is 1. The summed E-state index contributed by atoms with van der Waals surface area (Å²) >= 11 is 12.2. The Labute approximate surface area is 231 Å². The van der Waals surface area contributed by atoms with Crippen molar-refractivity contribution in [2.24, 2.45) is 5.92 Å². The number of likely N-dealkylation sites (tertiary alicyclic amines) is 1. The highest BCUT2D eigenvalue weighted by molar-refractivity contribution is 7.92. The maximum Gasteiger partial charge on any atom is 0.325 e. The van der Waals surface area contributed by atoms with Gasteiger partial charge < -0.3 is 10.4 Å². The summed E-state index contributed by atoms with van der Waals surface area (Å²) in [5, 5.41) is 12.6. The molecule has 0 aliphatic carbocycles. The fourth-order valence-corrected chi connectivity index (χ4v) is 6.08. The molecule has 1 aliphatic rings. The Morgan fingerprint density at radius 1 is 0.974 bits per heavy atom. The van der Waals surface area contributed by atoms with Crippen molar-refractivity contribution in [2.45, 2.75) is 19.0 Å². The summed E-state index contributed by atoms with van der Waals surface area (Å²) in [6, 6.07) is 20.0. The van der Waals surface area contributed by atoms with E-state index in [4.69, 9.17) is 28.3 Å². The van der Waals surface area contributed by atoms with Gasteiger partial charge >= 0.3 is 5.97 Å². The molecule has 0 bridgehead atoms. The van der Waals surface area contributed by atoms with Gasteiger partial charge in [0, 0.05) is 40.3 Å². The van der Waals surface area contributed by atoms with Crippen LogP contribution in [-0.4, -0.2) is 55.2 Å². The molecule has 3 N–H and O–H groups in total. The number of anilines is 1. The van der Waals surface area contributed by atoms with Gasteiger partial charge in [0.25, 0.3) is 5.91 Å². The Hall–Kier alpha value is -3.11. The van der Waals surface area contributed by atoms with E-state index >= 15 is 0 Å². The van der Waals surface area contributed by atoms with Crippen LogP contribution in [0.25, 0.3) is 0 Å². The number of hydrogen-bond donors (Lipinski definition) is 3. The normalized spacial score (nSPS) is 15.1. The van der Waals surface area contributed by atoms with Gasteiger partial charge in [-0.25, -0.2) is 8.42 Å². The third-order valence-electron chi connectivity index (χ3n) is 6.29. The maximum absolute atomic E-state index is 12.9. The third-order valence-corrected chi connectivity index (χ3v) is 8.25. The number of carboxylic acids is 1. The second-order valence-corrected chi connectivity index (χ2v) is 12.0. The van der Waals surface area contributed by atoms with E-state index in [1.54, 1.807) is 6.07 Å². The maximum atomic E-state index is 12.9. The first kappa shape index (κ1) is 27.9. The molecule has 1 unspecified atom stereocenters. The van der Waals surface area contributed by atoms with Crippen molar-refractivity contribution in [3.05, 3.63) is 99.5 Å². The van der Waals surface area contributed by atoms with Crippen molar-refractivity contribution in [3.63, 3.8) is 0 Å². The second kappa shape index (κ2) is 11.7. The van der Waals surface area contributed by atoms with Gasteiger partial charge in [0.15, 0.2) is 0 Å². The minimum Gasteiger partial charge on any atom is -0.480 e. The van der Waals surface area contributed by atoms with Crippen molar-refractivity contribution in [3.8, 4) is 0 Å². The first-order chi connectivity index (χ1) is 18.0. The van der Waals surface area contributed by atoms with Crippen LogP contribution in [0.5, 0.6) is 0 Å². The van der Waals surface area contributed by atoms with E-state index in [0.29, 0.717) is 23.1 Å². The number of benzene rings is 3. The topological polar surface area (TPSA) is 116 Å². The highest BCUT2D eigenvalue weighted by Crippen LogP contribution is 2.35. The summed E-state index contributed by atoms with van der Waals surface area (Å²) in [4.78, 5) is 25.5. The van der Waals surface area contributed by atoms with Gasteiger partial charge in [-0.15, -0.1) is 0 Å². The van der Waals surface area contributed by atoms with E-state index in [0.717, 1.165) is 11.1 Å². The molecule has 0 saturated carbocycles. The lowest BCUT2D eigenvalue weighted by molar-refractivity contribution is -0.138. The van der Waals surface area contributed by atoms with Gasteiger partial charge in [0.05, 0.1) is 11.8 Å². The van der Waals surface area contributed by atoms with Crippen LogP contribution >= 0.6 is 23.2 Å². The molecule has 0 spiro atoms. The number of hydrogen-bond acceptors (Lipinski definition) is 5. The number of carbonyl (C=O) groups is 2. The lowest BCUT2D eigenvalue weighted by atomic mass is 9.91. The molecule has 38 heavy (non-hydrogen) atoms. The second-order valence-electron chi connectivity index (χ2n) is 9.32. The highest BCUT2D eigenvalue weighted by atomic mass is 35.5. The van der Waals surface area contributed by atoms with Crippen molar-refractivity contribution in [1.29, 1.82) is 0 Å². The number of halogens is 2. The van der Waals surface area contributed by atoms with E-state index in [9.17, 15) is 18.0 Å². The Bertz CT molecular complexity index is 1360. The van der Waals surface area contributed by atoms with Crippen LogP contribution in [0.4, 0.5) is 5.69 Å². The van der Waals surface area contributed by atoms with Gasteiger partial charge in [-0.05, 0) is 60.5 Å². The smallest absolute Gasteiger partial charge is 0.325 e. The van der Waals surface area contributed by atoms with Crippen LogP contribution < -0.4 is 10.0 Å². The zero-order chi connectivity index (χ0) is 27.4. The molecular weight excluding hydrogens is 549 g/mol. The van der Waals surface area contributed by atoms with Gasteiger partial charge in [0.2, 0.25) is 10.0 Å². The summed E-state index contributed by atoms with van der Waals surface area (Å²) in [5.74, 6) is -1.94. The molecule has 200 valence electrons. The highest BCUT2D eigenvalue weighted by Gasteiger charge is 2.36. The summed E-state index contributed by atoms with van der Waals surface area (Å²) in [6.45, 7) is 2.50. The first-order valence-electron chi connectivity index (χ1n) is 11.9. The van der Waals surface area contributed by atoms with E-state index < -0.39 is 27.9 Å². The lowest BCUT2D eigenvalue weighted by Crippen LogP contribution is -2.51. The molecule has 4 rings (SSSR count). The van der Waals surface area contributed by atoms with Crippen molar-refractivity contribution in [1.82, 2.24) is 10.2 Å². The van der Waals surface area contributed by atoms with Crippen LogP contribution in [0.2, 0.25) is 10.0 Å². The molecule has 1 aliphatic heterocycles. The molecule has 3 aromatic rings. The molecule has 1 saturated heterocycles. The minimum atomic E-state index is -3.70. The average molecular weight is 577 g/mol. The number of rotatable bonds is 10. The van der Waals surface area contributed by atoms with Crippen LogP contribution in [-0.2, 0) is 14.8 Å². The number of sulfonamides is 1. The Kier molecular flexibility index (Phi) is 8.62. The third kappa shape index (κ3) is 7.05. The number of aliphatic carboxylic acids is 1. The molecule has 3 aromatic carbocycles. The van der Waals surface area contributed by atoms with Crippen LogP contribution in [0.1, 0.15) is 34.5 Å². The largest absolute Gasteiger partial charge is 0.480 e. The molecule has 1 amide bonds. The Morgan fingerprint density at radius 2 is 1.53 bits per heavy atom. The number of nitrogens with one attached hydrogen (secondary N) is 2. The van der Waals surface area contributed by atoms with Gasteiger partial charge in [-0.3, -0.25) is 19.2 Å². The monoisotopic (exact) mass is 575 g/mol. The van der Waals surface area contributed by atoms with E-state index in [2.05, 4.69) is 14.9 Å². The zero-order valence-electron chi connectivity index (χ0n) is 20.5. The van der Waals surface area contributed by atoms with Crippen LogP contribution in [0.3, 0.4) is 0 Å². The van der Waals surface area contributed by atoms with Gasteiger partial charge in [-0.2, -0.15) is 0 Å². The summed E-state index contributed by atoms with van der Waals surface area (Å²) in [7, 11) is -3.70. The molecule has 0 radical (unpaired) electrons. The van der Waals surface area contributed by atoms with Crippen molar-refractivity contribution in [2.75, 3.05) is 23.6 Å². The van der Waals surface area contributed by atoms with E-state index in [1.165, 1.54) is 25.1 Å². The SMILES string of the molecule is CC(NC(=O)c1cccc(NS(=O)(=O)CC2CN(C(c3ccc(Cl)cc3)c3ccc(Cl)cc3)C2)c1)C(=O)O. The molecule has 1 fully saturated rings. The fourth-order valence-electron chi connectivity index (χ4n) is 4.43. The minimum absolute atomic E-state index is 0.0696. The average Bonchev–Trinajstić information content (AvgIpc) is 2.84. The molecule has 8 nitrogen and oxygen atoms in total. The molecular formula is C27H27Cl2N3O5S. The fraction of sp³-hybridized carbons (Fsp3) is 0.259. The van der Waals surface area contributed by atoms with Gasteiger partial charge in [-0.1, -0.05) is 53.5 Å². The molecule has 0 aromatic heterocycles. The number of carbonyl (C=O) groups excluding carboxylic acids is 1. The molecule has 11 heteroatoms. The molecule has 1 heterocycles. The quantitative estimate of drug-likeness (QED) is 0.324. The predicted octanol–water partition coefficient (Wildman–Crippen LogP) is 4.66. The standard InChI is InChI=1S/C27H27Cl2N3O5S/c1-17(27(34)35)30-26(33)21-3-2-4-24(13-21)31-38(36,37)16-18-14-32(15-18)25(19-5-9-22(28)10-6-19)20-7-11-23(29)12-8-20/h2-13,17-18,25,31H,14-16H2,1H3,(H,30,33)(H,34,35). The zero-order valence-corrected chi connectivity index (χ0v) is 22.8. The number of carboxylic acid groups (broad SMARTS) is 1. The predicted molar refractivity (Wildman–Crippen MR) is 148 cm³/mol. The summed E-state index contributed by atoms with van der Waals surface area (Å²) < 4.78 is 28.3. The Morgan fingerprint density at radius 3 is 2.05 bits per heavy atom. The lowest BCUT2D eigenvalue weighted by Gasteiger charge is -2.44. The van der Waals surface area contributed by atoms with Crippen LogP contribution in [0.15, 0.2) is 72.8 Å². The summed E-state index contributed by atoms with van der Waals surface area (Å²) in [5.41, 5.74) is 2.48. The first-order valence-corrected chi connectivity index (χ1v) is 14.3. The summed E-state index contributed by atoms with van der Waals surface area (Å²) in [6.07, 6.45) is 0. The molecule has 1 atom stereocenters. The van der Waals surface area contributed by atoms with Crippen molar-refractivity contribution < 1.29 is 23.1 Å². The number of nitrogens with zero attached hydrogens (tertiary/aromatic N) is 1. The Balaban J connectivity index is 1.40. The van der Waals surface area contributed by atoms with Crippen molar-refractivity contribution >= 4 is 50.8 Å². The van der Waals surface area contributed by atoms with Gasteiger partial charge in [0.1, 0.15) is 6.04 Å². The van der Waals surface area contributed by atoms with Crippen LogP contribution in [0, 0.1) is 5.92 Å². The van der Waals surface area contributed by atoms with E-state index in [1.807, 2.05) is 48.5 Å².